The molecule has 5 heteroatoms. The number of anilines is 2. The third kappa shape index (κ3) is 3.82. The summed E-state index contributed by atoms with van der Waals surface area (Å²) < 4.78 is 5.75. The highest BCUT2D eigenvalue weighted by atomic mass is 16.5. The summed E-state index contributed by atoms with van der Waals surface area (Å²) >= 11 is 0. The molecule has 1 N–H and O–H groups in total. The van der Waals surface area contributed by atoms with Crippen molar-refractivity contribution in [3.05, 3.63) is 54.6 Å². The van der Waals surface area contributed by atoms with Crippen molar-refractivity contribution in [2.24, 2.45) is 0 Å². The Hall–Kier alpha value is -2.82. The standard InChI is InChI=1S/C20H22N2O3/c1-14(2)25-18-11-7-6-10-16(18)21-20(24)17-12-13-19(23)22(17)15-8-4-3-5-9-15/h3-11,14,17H,12-13H2,1-2H3,(H,21,24). The Morgan fingerprint density at radius 2 is 1.80 bits per heavy atom. The fraction of sp³-hybridized carbons (Fsp3) is 0.300. The molecule has 1 heterocycles. The first-order valence-corrected chi connectivity index (χ1v) is 8.50. The van der Waals surface area contributed by atoms with Gasteiger partial charge < -0.3 is 10.1 Å². The summed E-state index contributed by atoms with van der Waals surface area (Å²) in [6, 6.07) is 16.1. The van der Waals surface area contributed by atoms with Gasteiger partial charge in [-0.05, 0) is 44.5 Å². The first-order chi connectivity index (χ1) is 12.1. The highest BCUT2D eigenvalue weighted by molar-refractivity contribution is 6.07. The van der Waals surface area contributed by atoms with E-state index in [1.165, 1.54) is 0 Å². The monoisotopic (exact) mass is 338 g/mol. The summed E-state index contributed by atoms with van der Waals surface area (Å²) in [5.41, 5.74) is 1.37. The van der Waals surface area contributed by atoms with Gasteiger partial charge in [0.15, 0.2) is 0 Å². The van der Waals surface area contributed by atoms with Crippen molar-refractivity contribution in [1.82, 2.24) is 0 Å². The minimum absolute atomic E-state index is 0.00641. The van der Waals surface area contributed by atoms with E-state index in [4.69, 9.17) is 4.74 Å². The van der Waals surface area contributed by atoms with Crippen LogP contribution in [0, 0.1) is 0 Å². The molecule has 0 radical (unpaired) electrons. The summed E-state index contributed by atoms with van der Waals surface area (Å²) in [4.78, 5) is 26.7. The average molecular weight is 338 g/mol. The van der Waals surface area contributed by atoms with Gasteiger partial charge in [-0.25, -0.2) is 0 Å². The first-order valence-electron chi connectivity index (χ1n) is 8.50. The second kappa shape index (κ2) is 7.38. The van der Waals surface area contributed by atoms with E-state index in [0.29, 0.717) is 24.3 Å². The number of hydrogen-bond donors (Lipinski definition) is 1. The van der Waals surface area contributed by atoms with Crippen LogP contribution in [0.1, 0.15) is 26.7 Å². The van der Waals surface area contributed by atoms with E-state index >= 15 is 0 Å². The van der Waals surface area contributed by atoms with Gasteiger partial charge >= 0.3 is 0 Å². The largest absolute Gasteiger partial charge is 0.489 e. The SMILES string of the molecule is CC(C)Oc1ccccc1NC(=O)C1CCC(=O)N1c1ccccc1. The van der Waals surface area contributed by atoms with Gasteiger partial charge in [0.25, 0.3) is 0 Å². The van der Waals surface area contributed by atoms with Crippen LogP contribution in [0.15, 0.2) is 54.6 Å². The lowest BCUT2D eigenvalue weighted by molar-refractivity contribution is -0.120. The van der Waals surface area contributed by atoms with Crippen LogP contribution < -0.4 is 15.0 Å². The van der Waals surface area contributed by atoms with Crippen molar-refractivity contribution in [3.8, 4) is 5.75 Å². The average Bonchev–Trinajstić information content (AvgIpc) is 2.98. The van der Waals surface area contributed by atoms with Crippen LogP contribution in [0.4, 0.5) is 11.4 Å². The van der Waals surface area contributed by atoms with E-state index in [2.05, 4.69) is 5.32 Å². The fourth-order valence-corrected chi connectivity index (χ4v) is 2.99. The van der Waals surface area contributed by atoms with E-state index in [1.54, 1.807) is 11.0 Å². The van der Waals surface area contributed by atoms with Gasteiger partial charge in [0.1, 0.15) is 11.8 Å². The molecule has 2 amide bonds. The van der Waals surface area contributed by atoms with Crippen molar-refractivity contribution in [1.29, 1.82) is 0 Å². The second-order valence-corrected chi connectivity index (χ2v) is 6.31. The molecule has 0 bridgehead atoms. The molecule has 0 aromatic heterocycles. The van der Waals surface area contributed by atoms with E-state index in [9.17, 15) is 9.59 Å². The lowest BCUT2D eigenvalue weighted by Crippen LogP contribution is -2.41. The Labute approximate surface area is 147 Å². The number of carbonyl (C=O) groups excluding carboxylic acids is 2. The lowest BCUT2D eigenvalue weighted by atomic mass is 10.1. The minimum Gasteiger partial charge on any atom is -0.489 e. The predicted molar refractivity (Wildman–Crippen MR) is 97.8 cm³/mol. The maximum atomic E-state index is 12.8. The summed E-state index contributed by atoms with van der Waals surface area (Å²) in [5.74, 6) is 0.397. The number of benzene rings is 2. The molecule has 1 aliphatic rings. The smallest absolute Gasteiger partial charge is 0.247 e. The van der Waals surface area contributed by atoms with Crippen LogP contribution in [-0.2, 0) is 9.59 Å². The summed E-state index contributed by atoms with van der Waals surface area (Å²) in [6.07, 6.45) is 0.885. The molecule has 2 aromatic rings. The van der Waals surface area contributed by atoms with Gasteiger partial charge in [0.2, 0.25) is 11.8 Å². The van der Waals surface area contributed by atoms with Crippen molar-refractivity contribution in [3.63, 3.8) is 0 Å². The molecule has 1 aliphatic heterocycles. The van der Waals surface area contributed by atoms with Crippen LogP contribution in [-0.4, -0.2) is 24.0 Å². The minimum atomic E-state index is -0.512. The first kappa shape index (κ1) is 17.0. The van der Waals surface area contributed by atoms with Gasteiger partial charge in [0, 0.05) is 12.1 Å². The fourth-order valence-electron chi connectivity index (χ4n) is 2.99. The molecule has 1 saturated heterocycles. The van der Waals surface area contributed by atoms with E-state index in [-0.39, 0.29) is 17.9 Å². The number of nitrogens with zero attached hydrogens (tertiary/aromatic N) is 1. The van der Waals surface area contributed by atoms with Crippen LogP contribution in [0.25, 0.3) is 0 Å². The van der Waals surface area contributed by atoms with Crippen molar-refractivity contribution in [2.75, 3.05) is 10.2 Å². The quantitative estimate of drug-likeness (QED) is 0.906. The molecule has 1 unspecified atom stereocenters. The Kier molecular flexibility index (Phi) is 5.03. The van der Waals surface area contributed by atoms with Gasteiger partial charge in [-0.1, -0.05) is 30.3 Å². The molecule has 3 rings (SSSR count). The van der Waals surface area contributed by atoms with Crippen LogP contribution in [0.2, 0.25) is 0 Å². The predicted octanol–water partition coefficient (Wildman–Crippen LogP) is 3.61. The molecule has 130 valence electrons. The van der Waals surface area contributed by atoms with Gasteiger partial charge in [-0.2, -0.15) is 0 Å². The molecule has 0 aliphatic carbocycles. The number of amides is 2. The third-order valence-corrected chi connectivity index (χ3v) is 4.06. The number of hydrogen-bond acceptors (Lipinski definition) is 3. The number of ether oxygens (including phenoxy) is 1. The Balaban J connectivity index is 1.80. The van der Waals surface area contributed by atoms with Gasteiger partial charge in [-0.3, -0.25) is 14.5 Å². The normalized spacial score (nSPS) is 17.0. The molecule has 25 heavy (non-hydrogen) atoms. The summed E-state index contributed by atoms with van der Waals surface area (Å²) in [5, 5.41) is 2.92. The van der Waals surface area contributed by atoms with Gasteiger partial charge in [-0.15, -0.1) is 0 Å². The Bertz CT molecular complexity index is 759. The molecule has 1 atom stereocenters. The molecule has 1 fully saturated rings. The molecular formula is C20H22N2O3. The zero-order valence-electron chi connectivity index (χ0n) is 14.4. The maximum Gasteiger partial charge on any atom is 0.247 e. The summed E-state index contributed by atoms with van der Waals surface area (Å²) in [7, 11) is 0. The third-order valence-electron chi connectivity index (χ3n) is 4.06. The Morgan fingerprint density at radius 1 is 1.12 bits per heavy atom. The molecule has 0 spiro atoms. The van der Waals surface area contributed by atoms with Crippen LogP contribution in [0.3, 0.4) is 0 Å². The lowest BCUT2D eigenvalue weighted by Gasteiger charge is -2.24. The number of nitrogens with one attached hydrogen (secondary N) is 1. The number of para-hydroxylation sites is 3. The number of carbonyl (C=O) groups is 2. The van der Waals surface area contributed by atoms with Crippen LogP contribution in [0.5, 0.6) is 5.75 Å². The zero-order chi connectivity index (χ0) is 17.8. The highest BCUT2D eigenvalue weighted by Gasteiger charge is 2.37. The summed E-state index contributed by atoms with van der Waals surface area (Å²) in [6.45, 7) is 3.87. The molecule has 2 aromatic carbocycles. The van der Waals surface area contributed by atoms with E-state index < -0.39 is 6.04 Å². The van der Waals surface area contributed by atoms with Crippen LogP contribution >= 0.6 is 0 Å². The molecular weight excluding hydrogens is 316 g/mol. The van der Waals surface area contributed by atoms with E-state index in [1.807, 2.05) is 62.4 Å². The highest BCUT2D eigenvalue weighted by Crippen LogP contribution is 2.29. The number of rotatable bonds is 5. The van der Waals surface area contributed by atoms with Crippen molar-refractivity contribution >= 4 is 23.2 Å². The van der Waals surface area contributed by atoms with Gasteiger partial charge in [0.05, 0.1) is 11.8 Å². The second-order valence-electron chi connectivity index (χ2n) is 6.31. The van der Waals surface area contributed by atoms with E-state index in [0.717, 1.165) is 5.69 Å². The topological polar surface area (TPSA) is 58.6 Å². The molecule has 5 nitrogen and oxygen atoms in total. The van der Waals surface area contributed by atoms with Crippen molar-refractivity contribution < 1.29 is 14.3 Å². The zero-order valence-corrected chi connectivity index (χ0v) is 14.4. The maximum absolute atomic E-state index is 12.8. The Morgan fingerprint density at radius 3 is 2.52 bits per heavy atom. The van der Waals surface area contributed by atoms with Crippen molar-refractivity contribution in [2.45, 2.75) is 38.8 Å². The molecule has 0 saturated carbocycles.